The summed E-state index contributed by atoms with van der Waals surface area (Å²) in [5.74, 6) is 0.273. The molecule has 3 rings (SSSR count). The van der Waals surface area contributed by atoms with E-state index < -0.39 is 0 Å². The van der Waals surface area contributed by atoms with Gasteiger partial charge in [-0.1, -0.05) is 12.1 Å². The molecule has 0 saturated carbocycles. The Morgan fingerprint density at radius 1 is 1.38 bits per heavy atom. The summed E-state index contributed by atoms with van der Waals surface area (Å²) >= 11 is 1.52. The standard InChI is InChI=1S/C16H17NO3S/c1-11-5-6-15(21-11)16(19)17-7-8-20-14(10-17)12-3-2-4-13(18)9-12/h2-6,9,14,18H,7-8,10H2,1H3/t14-/m1/s1. The molecule has 21 heavy (non-hydrogen) atoms. The van der Waals surface area contributed by atoms with E-state index in [1.165, 1.54) is 11.3 Å². The Balaban J connectivity index is 1.75. The number of hydrogen-bond donors (Lipinski definition) is 1. The van der Waals surface area contributed by atoms with Crippen molar-refractivity contribution in [3.05, 3.63) is 51.7 Å². The number of phenols is 1. The summed E-state index contributed by atoms with van der Waals surface area (Å²) in [5, 5.41) is 9.57. The smallest absolute Gasteiger partial charge is 0.264 e. The number of aryl methyl sites for hydroxylation is 1. The fourth-order valence-corrected chi connectivity index (χ4v) is 3.30. The van der Waals surface area contributed by atoms with Crippen LogP contribution in [0.2, 0.25) is 0 Å². The summed E-state index contributed by atoms with van der Waals surface area (Å²) in [5.41, 5.74) is 0.898. The van der Waals surface area contributed by atoms with Gasteiger partial charge in [0.15, 0.2) is 0 Å². The second-order valence-corrected chi connectivity index (χ2v) is 6.40. The van der Waals surface area contributed by atoms with Crippen molar-refractivity contribution in [1.29, 1.82) is 0 Å². The first-order valence-corrected chi connectivity index (χ1v) is 7.71. The van der Waals surface area contributed by atoms with Crippen LogP contribution in [0.3, 0.4) is 0 Å². The van der Waals surface area contributed by atoms with Gasteiger partial charge in [0.2, 0.25) is 0 Å². The molecule has 2 aromatic rings. The molecule has 1 aliphatic rings. The lowest BCUT2D eigenvalue weighted by atomic mass is 10.1. The minimum Gasteiger partial charge on any atom is -0.508 e. The first kappa shape index (κ1) is 14.1. The lowest BCUT2D eigenvalue weighted by Crippen LogP contribution is -2.42. The van der Waals surface area contributed by atoms with E-state index in [9.17, 15) is 9.90 Å². The van der Waals surface area contributed by atoms with Crippen LogP contribution in [-0.2, 0) is 4.74 Å². The molecule has 1 N–H and O–H groups in total. The maximum atomic E-state index is 12.5. The van der Waals surface area contributed by atoms with Gasteiger partial charge in [0.05, 0.1) is 18.0 Å². The molecule has 0 spiro atoms. The van der Waals surface area contributed by atoms with Crippen LogP contribution in [0.15, 0.2) is 36.4 Å². The van der Waals surface area contributed by atoms with Crippen molar-refractivity contribution < 1.29 is 14.6 Å². The molecule has 1 aromatic heterocycles. The zero-order chi connectivity index (χ0) is 14.8. The maximum absolute atomic E-state index is 12.5. The summed E-state index contributed by atoms with van der Waals surface area (Å²) < 4.78 is 5.74. The van der Waals surface area contributed by atoms with Gasteiger partial charge in [0.25, 0.3) is 5.91 Å². The molecule has 0 radical (unpaired) electrons. The van der Waals surface area contributed by atoms with Crippen molar-refractivity contribution in [1.82, 2.24) is 4.90 Å². The van der Waals surface area contributed by atoms with Crippen molar-refractivity contribution in [3.63, 3.8) is 0 Å². The average molecular weight is 303 g/mol. The number of rotatable bonds is 2. The Morgan fingerprint density at radius 3 is 2.95 bits per heavy atom. The molecule has 110 valence electrons. The van der Waals surface area contributed by atoms with Gasteiger partial charge in [-0.15, -0.1) is 11.3 Å². The lowest BCUT2D eigenvalue weighted by Gasteiger charge is -2.33. The van der Waals surface area contributed by atoms with Gasteiger partial charge in [-0.3, -0.25) is 4.79 Å². The number of thiophene rings is 1. The van der Waals surface area contributed by atoms with Gasteiger partial charge in [0.1, 0.15) is 11.9 Å². The highest BCUT2D eigenvalue weighted by molar-refractivity contribution is 7.13. The van der Waals surface area contributed by atoms with Gasteiger partial charge in [-0.25, -0.2) is 0 Å². The van der Waals surface area contributed by atoms with E-state index >= 15 is 0 Å². The molecule has 2 heterocycles. The normalized spacial score (nSPS) is 18.7. The van der Waals surface area contributed by atoms with Crippen molar-refractivity contribution in [2.75, 3.05) is 19.7 Å². The summed E-state index contributed by atoms with van der Waals surface area (Å²) in [4.78, 5) is 16.2. The van der Waals surface area contributed by atoms with E-state index in [0.717, 1.165) is 15.3 Å². The second-order valence-electron chi connectivity index (χ2n) is 5.12. The molecule has 0 unspecified atom stereocenters. The van der Waals surface area contributed by atoms with Crippen LogP contribution in [0.4, 0.5) is 0 Å². The topological polar surface area (TPSA) is 49.8 Å². The number of ether oxygens (including phenoxy) is 1. The molecule has 0 aliphatic carbocycles. The zero-order valence-electron chi connectivity index (χ0n) is 11.8. The zero-order valence-corrected chi connectivity index (χ0v) is 12.6. The predicted octanol–water partition coefficient (Wildman–Crippen LogP) is 2.98. The summed E-state index contributed by atoms with van der Waals surface area (Å²) in [6.45, 7) is 3.62. The van der Waals surface area contributed by atoms with Crippen molar-refractivity contribution >= 4 is 17.2 Å². The second kappa shape index (κ2) is 5.87. The fraction of sp³-hybridized carbons (Fsp3) is 0.312. The van der Waals surface area contributed by atoms with Gasteiger partial charge >= 0.3 is 0 Å². The first-order valence-electron chi connectivity index (χ1n) is 6.90. The molecule has 1 aromatic carbocycles. The van der Waals surface area contributed by atoms with E-state index in [0.29, 0.717) is 19.7 Å². The summed E-state index contributed by atoms with van der Waals surface area (Å²) in [7, 11) is 0. The minimum atomic E-state index is -0.184. The summed E-state index contributed by atoms with van der Waals surface area (Å²) in [6, 6.07) is 10.9. The van der Waals surface area contributed by atoms with Crippen LogP contribution in [0.1, 0.15) is 26.2 Å². The third kappa shape index (κ3) is 3.09. The number of hydrogen-bond acceptors (Lipinski definition) is 4. The quantitative estimate of drug-likeness (QED) is 0.928. The molecule has 1 aliphatic heterocycles. The Hall–Kier alpha value is -1.85. The minimum absolute atomic E-state index is 0.0570. The predicted molar refractivity (Wildman–Crippen MR) is 81.8 cm³/mol. The number of amides is 1. The molecule has 1 saturated heterocycles. The van der Waals surface area contributed by atoms with Crippen LogP contribution >= 0.6 is 11.3 Å². The van der Waals surface area contributed by atoms with Crippen LogP contribution in [0, 0.1) is 6.92 Å². The third-order valence-electron chi connectivity index (χ3n) is 3.55. The molecule has 1 amide bonds. The van der Waals surface area contributed by atoms with Gasteiger partial charge in [-0.2, -0.15) is 0 Å². The van der Waals surface area contributed by atoms with Crippen molar-refractivity contribution in [3.8, 4) is 5.75 Å². The third-order valence-corrected chi connectivity index (χ3v) is 4.54. The van der Waals surface area contributed by atoms with Gasteiger partial charge < -0.3 is 14.7 Å². The number of benzene rings is 1. The first-order chi connectivity index (χ1) is 10.1. The van der Waals surface area contributed by atoms with E-state index in [4.69, 9.17) is 4.74 Å². The SMILES string of the molecule is Cc1ccc(C(=O)N2CCO[C@@H](c3cccc(O)c3)C2)s1. The van der Waals surface area contributed by atoms with Crippen LogP contribution in [-0.4, -0.2) is 35.6 Å². The number of carbonyl (C=O) groups excluding carboxylic acids is 1. The number of morpholine rings is 1. The van der Waals surface area contributed by atoms with Crippen molar-refractivity contribution in [2.24, 2.45) is 0 Å². The molecule has 0 bridgehead atoms. The highest BCUT2D eigenvalue weighted by atomic mass is 32.1. The van der Waals surface area contributed by atoms with E-state index in [-0.39, 0.29) is 17.8 Å². The molecule has 1 atom stereocenters. The fourth-order valence-electron chi connectivity index (χ4n) is 2.47. The number of nitrogens with zero attached hydrogens (tertiary/aromatic N) is 1. The molecular weight excluding hydrogens is 286 g/mol. The van der Waals surface area contributed by atoms with Crippen LogP contribution < -0.4 is 0 Å². The average Bonchev–Trinajstić information content (AvgIpc) is 2.93. The number of aromatic hydroxyl groups is 1. The molecule has 1 fully saturated rings. The maximum Gasteiger partial charge on any atom is 0.264 e. The molecule has 4 nitrogen and oxygen atoms in total. The van der Waals surface area contributed by atoms with Crippen molar-refractivity contribution in [2.45, 2.75) is 13.0 Å². The number of phenolic OH excluding ortho intramolecular Hbond substituents is 1. The van der Waals surface area contributed by atoms with E-state index in [1.807, 2.05) is 30.0 Å². The molecular formula is C16H17NO3S. The Labute approximate surface area is 127 Å². The monoisotopic (exact) mass is 303 g/mol. The van der Waals surface area contributed by atoms with Crippen LogP contribution in [0.25, 0.3) is 0 Å². The lowest BCUT2D eigenvalue weighted by molar-refractivity contribution is -0.0227. The highest BCUT2D eigenvalue weighted by Gasteiger charge is 2.26. The van der Waals surface area contributed by atoms with Crippen LogP contribution in [0.5, 0.6) is 5.75 Å². The highest BCUT2D eigenvalue weighted by Crippen LogP contribution is 2.26. The van der Waals surface area contributed by atoms with E-state index in [1.54, 1.807) is 18.2 Å². The number of carbonyl (C=O) groups is 1. The Kier molecular flexibility index (Phi) is 3.94. The largest absolute Gasteiger partial charge is 0.508 e. The van der Waals surface area contributed by atoms with E-state index in [2.05, 4.69) is 0 Å². The summed E-state index contributed by atoms with van der Waals surface area (Å²) in [6.07, 6.45) is -0.184. The Morgan fingerprint density at radius 2 is 2.24 bits per heavy atom. The molecule has 5 heteroatoms. The Bertz CT molecular complexity index is 652. The van der Waals surface area contributed by atoms with Gasteiger partial charge in [-0.05, 0) is 36.8 Å². The van der Waals surface area contributed by atoms with Gasteiger partial charge in [0, 0.05) is 11.4 Å².